The van der Waals surface area contributed by atoms with E-state index in [4.69, 9.17) is 5.26 Å². The molecule has 0 aliphatic rings. The van der Waals surface area contributed by atoms with Gasteiger partial charge in [-0.2, -0.15) is 10.5 Å². The smallest absolute Gasteiger partial charge is 0.147 e. The minimum Gasteiger partial charge on any atom is -0.355 e. The summed E-state index contributed by atoms with van der Waals surface area (Å²) >= 11 is 0. The van der Waals surface area contributed by atoms with Crippen LogP contribution in [0.2, 0.25) is 0 Å². The highest BCUT2D eigenvalue weighted by atomic mass is 15.2. The quantitative estimate of drug-likeness (QED) is 0.793. The Morgan fingerprint density at radius 3 is 2.59 bits per heavy atom. The van der Waals surface area contributed by atoms with E-state index in [1.165, 1.54) is 0 Å². The summed E-state index contributed by atoms with van der Waals surface area (Å²) in [6.45, 7) is 7.17. The van der Waals surface area contributed by atoms with Crippen molar-refractivity contribution in [1.82, 2.24) is 4.98 Å². The Hall–Kier alpha value is -2.07. The van der Waals surface area contributed by atoms with Gasteiger partial charge in [-0.05, 0) is 32.4 Å². The molecule has 0 unspecified atom stereocenters. The summed E-state index contributed by atoms with van der Waals surface area (Å²) in [5.74, 6) is 0.697. The van der Waals surface area contributed by atoms with E-state index in [0.717, 1.165) is 17.8 Å². The van der Waals surface area contributed by atoms with Crippen LogP contribution in [0.3, 0.4) is 0 Å². The number of nitriles is 2. The molecule has 0 amide bonds. The Kier molecular flexibility index (Phi) is 4.48. The molecule has 0 fully saturated rings. The van der Waals surface area contributed by atoms with Crippen LogP contribution in [0.5, 0.6) is 0 Å². The molecule has 17 heavy (non-hydrogen) atoms. The minimum atomic E-state index is 0.438. The Morgan fingerprint density at radius 2 is 2.06 bits per heavy atom. The van der Waals surface area contributed by atoms with Crippen molar-refractivity contribution in [2.45, 2.75) is 27.2 Å². The van der Waals surface area contributed by atoms with Gasteiger partial charge in [0.1, 0.15) is 11.9 Å². The predicted octanol–water partition coefficient (Wildman–Crippen LogP) is 2.31. The van der Waals surface area contributed by atoms with Crippen molar-refractivity contribution in [3.63, 3.8) is 0 Å². The maximum absolute atomic E-state index is 9.18. The zero-order valence-electron chi connectivity index (χ0n) is 10.5. The first-order valence-corrected chi connectivity index (χ1v) is 5.64. The fraction of sp³-hybridized carbons (Fsp3) is 0.462. The summed E-state index contributed by atoms with van der Waals surface area (Å²) in [7, 11) is 0. The molecule has 0 saturated carbocycles. The van der Waals surface area contributed by atoms with E-state index in [0.29, 0.717) is 24.3 Å². The van der Waals surface area contributed by atoms with Gasteiger partial charge in [-0.15, -0.1) is 0 Å². The number of aryl methyl sites for hydroxylation is 2. The number of hydrogen-bond donors (Lipinski definition) is 0. The second-order valence-electron chi connectivity index (χ2n) is 3.88. The molecule has 0 N–H and O–H groups in total. The van der Waals surface area contributed by atoms with Gasteiger partial charge >= 0.3 is 0 Å². The average molecular weight is 228 g/mol. The number of rotatable bonds is 4. The van der Waals surface area contributed by atoms with Crippen molar-refractivity contribution in [2.24, 2.45) is 0 Å². The van der Waals surface area contributed by atoms with Gasteiger partial charge in [0.15, 0.2) is 0 Å². The van der Waals surface area contributed by atoms with E-state index < -0.39 is 0 Å². The van der Waals surface area contributed by atoms with Gasteiger partial charge in [-0.3, -0.25) is 0 Å². The van der Waals surface area contributed by atoms with Gasteiger partial charge < -0.3 is 4.90 Å². The molecule has 0 atom stereocenters. The summed E-state index contributed by atoms with van der Waals surface area (Å²) in [5, 5.41) is 17.8. The third-order valence-corrected chi connectivity index (χ3v) is 2.61. The molecule has 1 rings (SSSR count). The Bertz CT molecular complexity index is 479. The standard InChI is InChI=1S/C13H16N4/c1-4-17(7-5-6-14)13-12(9-15)10(2)8-11(3)16-13/h8H,4-5,7H2,1-3H3. The number of nitrogens with zero attached hydrogens (tertiary/aromatic N) is 4. The molecule has 0 saturated heterocycles. The topological polar surface area (TPSA) is 63.7 Å². The second kappa shape index (κ2) is 5.86. The van der Waals surface area contributed by atoms with E-state index in [9.17, 15) is 5.26 Å². The summed E-state index contributed by atoms with van der Waals surface area (Å²) < 4.78 is 0. The average Bonchev–Trinajstić information content (AvgIpc) is 2.29. The van der Waals surface area contributed by atoms with Gasteiger partial charge in [0.2, 0.25) is 0 Å². The highest BCUT2D eigenvalue weighted by Gasteiger charge is 2.14. The molecule has 0 radical (unpaired) electrons. The summed E-state index contributed by atoms with van der Waals surface area (Å²) in [4.78, 5) is 6.40. The SMILES string of the molecule is CCN(CCC#N)c1nc(C)cc(C)c1C#N. The first kappa shape index (κ1) is 13.0. The van der Waals surface area contributed by atoms with Gasteiger partial charge in [0.25, 0.3) is 0 Å². The Balaban J connectivity index is 3.19. The lowest BCUT2D eigenvalue weighted by molar-refractivity contribution is 0.805. The molecule has 1 aromatic heterocycles. The van der Waals surface area contributed by atoms with Gasteiger partial charge in [-0.25, -0.2) is 4.98 Å². The lowest BCUT2D eigenvalue weighted by atomic mass is 10.1. The van der Waals surface area contributed by atoms with Gasteiger partial charge in [0, 0.05) is 18.8 Å². The Labute approximate surface area is 102 Å². The molecule has 88 valence electrons. The molecule has 0 bridgehead atoms. The molecule has 0 aromatic carbocycles. The van der Waals surface area contributed by atoms with E-state index in [1.54, 1.807) is 0 Å². The molecular formula is C13H16N4. The van der Waals surface area contributed by atoms with Crippen LogP contribution in [-0.4, -0.2) is 18.1 Å². The second-order valence-corrected chi connectivity index (χ2v) is 3.88. The van der Waals surface area contributed by atoms with Crippen LogP contribution in [-0.2, 0) is 0 Å². The van der Waals surface area contributed by atoms with Crippen molar-refractivity contribution in [3.05, 3.63) is 22.9 Å². The monoisotopic (exact) mass is 228 g/mol. The Morgan fingerprint density at radius 1 is 1.35 bits per heavy atom. The first-order valence-electron chi connectivity index (χ1n) is 5.64. The van der Waals surface area contributed by atoms with E-state index >= 15 is 0 Å². The maximum atomic E-state index is 9.18. The van der Waals surface area contributed by atoms with Crippen LogP contribution in [0.15, 0.2) is 6.07 Å². The molecular weight excluding hydrogens is 212 g/mol. The van der Waals surface area contributed by atoms with Gasteiger partial charge in [0.05, 0.1) is 18.1 Å². The lowest BCUT2D eigenvalue weighted by Gasteiger charge is -2.22. The molecule has 4 heteroatoms. The normalized spacial score (nSPS) is 9.47. The fourth-order valence-corrected chi connectivity index (χ4v) is 1.78. The lowest BCUT2D eigenvalue weighted by Crippen LogP contribution is -2.26. The van der Waals surface area contributed by atoms with Crippen molar-refractivity contribution >= 4 is 5.82 Å². The molecule has 0 aliphatic carbocycles. The van der Waals surface area contributed by atoms with E-state index in [2.05, 4.69) is 17.1 Å². The summed E-state index contributed by atoms with van der Waals surface area (Å²) in [6.07, 6.45) is 0.438. The fourth-order valence-electron chi connectivity index (χ4n) is 1.78. The van der Waals surface area contributed by atoms with Crippen LogP contribution >= 0.6 is 0 Å². The van der Waals surface area contributed by atoms with E-state index in [1.807, 2.05) is 31.7 Å². The largest absolute Gasteiger partial charge is 0.355 e. The number of anilines is 1. The maximum Gasteiger partial charge on any atom is 0.147 e. The van der Waals surface area contributed by atoms with Gasteiger partial charge in [-0.1, -0.05) is 0 Å². The van der Waals surface area contributed by atoms with E-state index in [-0.39, 0.29) is 0 Å². The molecule has 0 aliphatic heterocycles. The first-order chi connectivity index (χ1) is 8.13. The number of hydrogen-bond acceptors (Lipinski definition) is 4. The highest BCUT2D eigenvalue weighted by Crippen LogP contribution is 2.21. The third kappa shape index (κ3) is 2.95. The van der Waals surface area contributed by atoms with Crippen LogP contribution in [0.25, 0.3) is 0 Å². The summed E-state index contributed by atoms with van der Waals surface area (Å²) in [6, 6.07) is 6.21. The number of pyridine rings is 1. The van der Waals surface area contributed by atoms with Crippen LogP contribution in [0.1, 0.15) is 30.2 Å². The molecule has 1 aromatic rings. The van der Waals surface area contributed by atoms with Crippen LogP contribution in [0, 0.1) is 36.5 Å². The van der Waals surface area contributed by atoms with Crippen LogP contribution in [0.4, 0.5) is 5.82 Å². The molecule has 0 spiro atoms. The number of aromatic nitrogens is 1. The molecule has 4 nitrogen and oxygen atoms in total. The summed E-state index contributed by atoms with van der Waals surface area (Å²) in [5.41, 5.74) is 2.44. The predicted molar refractivity (Wildman–Crippen MR) is 66.5 cm³/mol. The molecule has 1 heterocycles. The highest BCUT2D eigenvalue weighted by molar-refractivity contribution is 5.58. The van der Waals surface area contributed by atoms with Crippen molar-refractivity contribution < 1.29 is 0 Å². The third-order valence-electron chi connectivity index (χ3n) is 2.61. The minimum absolute atomic E-state index is 0.438. The zero-order valence-corrected chi connectivity index (χ0v) is 10.5. The van der Waals surface area contributed by atoms with Crippen molar-refractivity contribution in [3.8, 4) is 12.1 Å². The van der Waals surface area contributed by atoms with Crippen LogP contribution < -0.4 is 4.90 Å². The zero-order chi connectivity index (χ0) is 12.8. The van der Waals surface area contributed by atoms with Crippen molar-refractivity contribution in [1.29, 1.82) is 10.5 Å². The van der Waals surface area contributed by atoms with Crippen molar-refractivity contribution in [2.75, 3.05) is 18.0 Å².